The van der Waals surface area contributed by atoms with Gasteiger partial charge in [0.25, 0.3) is 5.91 Å². The fourth-order valence-electron chi connectivity index (χ4n) is 4.06. The van der Waals surface area contributed by atoms with Crippen LogP contribution in [-0.4, -0.2) is 27.9 Å². The molecule has 172 valence electrons. The van der Waals surface area contributed by atoms with Crippen molar-refractivity contribution in [2.75, 3.05) is 4.90 Å². The number of benzene rings is 2. The third-order valence-electron chi connectivity index (χ3n) is 5.57. The van der Waals surface area contributed by atoms with Gasteiger partial charge in [-0.3, -0.25) is 14.5 Å². The van der Waals surface area contributed by atoms with Crippen LogP contribution in [0.5, 0.6) is 5.75 Å². The largest absolute Gasteiger partial charge is 0.503 e. The summed E-state index contributed by atoms with van der Waals surface area (Å²) in [5.41, 5.74) is 2.42. The number of aromatic nitrogens is 1. The third-order valence-corrected chi connectivity index (χ3v) is 5.57. The van der Waals surface area contributed by atoms with Crippen LogP contribution < -0.4 is 9.64 Å². The molecule has 0 saturated carbocycles. The van der Waals surface area contributed by atoms with Crippen LogP contribution in [0.25, 0.3) is 11.1 Å². The first kappa shape index (κ1) is 22.6. The fraction of sp³-hybridized carbons (Fsp3) is 0.346. The minimum atomic E-state index is -0.836. The molecule has 1 unspecified atom stereocenters. The summed E-state index contributed by atoms with van der Waals surface area (Å²) in [5.74, 6) is -0.715. The molecule has 3 aromatic rings. The second-order valence-corrected chi connectivity index (χ2v) is 8.68. The van der Waals surface area contributed by atoms with E-state index in [1.54, 1.807) is 38.1 Å². The van der Waals surface area contributed by atoms with Crippen LogP contribution in [0.2, 0.25) is 0 Å². The van der Waals surface area contributed by atoms with Crippen LogP contribution in [-0.2, 0) is 16.0 Å². The molecule has 0 bridgehead atoms. The van der Waals surface area contributed by atoms with Crippen molar-refractivity contribution < 1.29 is 23.8 Å². The maximum absolute atomic E-state index is 13.3. The van der Waals surface area contributed by atoms with Gasteiger partial charge in [0, 0.05) is 23.6 Å². The Kier molecular flexibility index (Phi) is 5.97. The Labute approximate surface area is 192 Å². The second kappa shape index (κ2) is 8.73. The summed E-state index contributed by atoms with van der Waals surface area (Å²) in [4.78, 5) is 32.4. The number of amides is 1. The zero-order chi connectivity index (χ0) is 23.9. The number of fused-ring (bicyclic) bond motifs is 1. The molecule has 7 nitrogen and oxygen atoms in total. The Hall–Kier alpha value is -3.61. The summed E-state index contributed by atoms with van der Waals surface area (Å²) < 4.78 is 11.7. The maximum atomic E-state index is 13.3. The van der Waals surface area contributed by atoms with Crippen molar-refractivity contribution in [3.05, 3.63) is 65.3 Å². The van der Waals surface area contributed by atoms with Gasteiger partial charge in [-0.25, -0.2) is 4.98 Å². The number of hydrogen-bond acceptors (Lipinski definition) is 6. The highest BCUT2D eigenvalue weighted by molar-refractivity contribution is 6.17. The van der Waals surface area contributed by atoms with Gasteiger partial charge in [-0.1, -0.05) is 39.0 Å². The topological polar surface area (TPSA) is 92.9 Å². The van der Waals surface area contributed by atoms with Gasteiger partial charge in [0.1, 0.15) is 11.3 Å². The average Bonchev–Trinajstić information content (AvgIpc) is 3.31. The van der Waals surface area contributed by atoms with E-state index in [1.165, 1.54) is 4.90 Å². The smallest absolute Gasteiger partial charge is 0.294 e. The molecule has 0 radical (unpaired) electrons. The Morgan fingerprint density at radius 1 is 1.18 bits per heavy atom. The molecule has 2 heterocycles. The zero-order valence-electron chi connectivity index (χ0n) is 19.5. The number of anilines is 1. The summed E-state index contributed by atoms with van der Waals surface area (Å²) in [6.07, 6.45) is 0.530. The molecule has 0 saturated heterocycles. The van der Waals surface area contributed by atoms with Crippen molar-refractivity contribution in [1.82, 2.24) is 4.98 Å². The van der Waals surface area contributed by atoms with Gasteiger partial charge in [0.2, 0.25) is 0 Å². The van der Waals surface area contributed by atoms with Crippen LogP contribution in [0.3, 0.4) is 0 Å². The number of ketones is 1. The fourth-order valence-corrected chi connectivity index (χ4v) is 4.06. The van der Waals surface area contributed by atoms with Gasteiger partial charge in [-0.05, 0) is 38.1 Å². The van der Waals surface area contributed by atoms with Crippen LogP contribution in [0, 0.1) is 5.92 Å². The van der Waals surface area contributed by atoms with Gasteiger partial charge in [0.15, 0.2) is 23.0 Å². The first-order valence-electron chi connectivity index (χ1n) is 11.2. The van der Waals surface area contributed by atoms with Crippen molar-refractivity contribution in [3.8, 4) is 5.75 Å². The first-order chi connectivity index (χ1) is 15.7. The summed E-state index contributed by atoms with van der Waals surface area (Å²) in [6.45, 7) is 9.26. The standard InChI is InChI=1S/C26H28N2O5/c1-6-21-27-18-13-16(11-12-20(18)33-21)28-23(17-9-7-8-10-19(17)32-15(4)5)22(24(29)14(2)3)25(30)26(28)31/h7-15,23,30H,6H2,1-5H3. The molecule has 1 amide bonds. The van der Waals surface area contributed by atoms with Gasteiger partial charge in [-0.15, -0.1) is 0 Å². The lowest BCUT2D eigenvalue weighted by Crippen LogP contribution is -2.32. The number of oxazole rings is 1. The van der Waals surface area contributed by atoms with Gasteiger partial charge >= 0.3 is 0 Å². The molecule has 0 fully saturated rings. The lowest BCUT2D eigenvalue weighted by molar-refractivity contribution is -0.119. The maximum Gasteiger partial charge on any atom is 0.294 e. The van der Waals surface area contributed by atoms with Crippen LogP contribution in [0.15, 0.2) is 58.2 Å². The first-order valence-corrected chi connectivity index (χ1v) is 11.2. The molecule has 33 heavy (non-hydrogen) atoms. The molecule has 1 aliphatic heterocycles. The van der Waals surface area contributed by atoms with E-state index >= 15 is 0 Å². The number of para-hydroxylation sites is 1. The number of hydrogen-bond donors (Lipinski definition) is 1. The van der Waals surface area contributed by atoms with E-state index < -0.39 is 23.6 Å². The van der Waals surface area contributed by atoms with Crippen molar-refractivity contribution in [3.63, 3.8) is 0 Å². The molecule has 0 aliphatic carbocycles. The highest BCUT2D eigenvalue weighted by atomic mass is 16.5. The van der Waals surface area contributed by atoms with E-state index in [0.717, 1.165) is 0 Å². The van der Waals surface area contributed by atoms with Crippen molar-refractivity contribution in [1.29, 1.82) is 0 Å². The molecule has 1 N–H and O–H groups in total. The molecule has 1 atom stereocenters. The normalized spacial score (nSPS) is 16.5. The number of aliphatic hydroxyl groups is 1. The van der Waals surface area contributed by atoms with E-state index in [1.807, 2.05) is 39.0 Å². The third kappa shape index (κ3) is 3.99. The quantitative estimate of drug-likeness (QED) is 0.527. The molecule has 1 aliphatic rings. The highest BCUT2D eigenvalue weighted by Gasteiger charge is 2.46. The Morgan fingerprint density at radius 2 is 1.91 bits per heavy atom. The summed E-state index contributed by atoms with van der Waals surface area (Å²) >= 11 is 0. The van der Waals surface area contributed by atoms with E-state index in [2.05, 4.69) is 4.98 Å². The molecule has 4 rings (SSSR count). The molecule has 7 heteroatoms. The van der Waals surface area contributed by atoms with Crippen LogP contribution in [0.1, 0.15) is 52.1 Å². The number of aryl methyl sites for hydroxylation is 1. The van der Waals surface area contributed by atoms with Crippen LogP contribution >= 0.6 is 0 Å². The zero-order valence-corrected chi connectivity index (χ0v) is 19.5. The van der Waals surface area contributed by atoms with Gasteiger partial charge < -0.3 is 14.3 Å². The predicted octanol–water partition coefficient (Wildman–Crippen LogP) is 5.30. The number of carbonyl (C=O) groups excluding carboxylic acids is 2. The number of rotatable bonds is 7. The number of aliphatic hydroxyl groups excluding tert-OH is 1. The van der Waals surface area contributed by atoms with Gasteiger partial charge in [-0.2, -0.15) is 0 Å². The average molecular weight is 449 g/mol. The molecule has 0 spiro atoms. The number of Topliss-reactive ketones (excluding diaryl/α,β-unsaturated/α-hetero) is 1. The summed E-state index contributed by atoms with van der Waals surface area (Å²) in [5, 5.41) is 10.9. The lowest BCUT2D eigenvalue weighted by atomic mass is 9.90. The highest BCUT2D eigenvalue weighted by Crippen LogP contribution is 2.45. The number of nitrogens with zero attached hydrogens (tertiary/aromatic N) is 2. The van der Waals surface area contributed by atoms with Crippen molar-refractivity contribution in [2.45, 2.75) is 53.2 Å². The summed E-state index contributed by atoms with van der Waals surface area (Å²) in [7, 11) is 0. The SMILES string of the molecule is CCc1nc2cc(N3C(=O)C(O)=C(C(=O)C(C)C)C3c3ccccc3OC(C)C)ccc2o1. The molecule has 2 aromatic carbocycles. The molecule has 1 aromatic heterocycles. The van der Waals surface area contributed by atoms with Crippen molar-refractivity contribution >= 4 is 28.5 Å². The minimum Gasteiger partial charge on any atom is -0.503 e. The Balaban J connectivity index is 1.91. The Bertz CT molecular complexity index is 1250. The van der Waals surface area contributed by atoms with Gasteiger partial charge in [0.05, 0.1) is 17.7 Å². The van der Waals surface area contributed by atoms with E-state index in [-0.39, 0.29) is 17.5 Å². The van der Waals surface area contributed by atoms with E-state index in [9.17, 15) is 14.7 Å². The molecular weight excluding hydrogens is 420 g/mol. The van der Waals surface area contributed by atoms with E-state index in [0.29, 0.717) is 40.4 Å². The second-order valence-electron chi connectivity index (χ2n) is 8.68. The lowest BCUT2D eigenvalue weighted by Gasteiger charge is -2.29. The predicted molar refractivity (Wildman–Crippen MR) is 125 cm³/mol. The molecular formula is C26H28N2O5. The minimum absolute atomic E-state index is 0.0734. The summed E-state index contributed by atoms with van der Waals surface area (Å²) in [6, 6.07) is 11.7. The van der Waals surface area contributed by atoms with Crippen LogP contribution in [0.4, 0.5) is 5.69 Å². The monoisotopic (exact) mass is 448 g/mol. The number of ether oxygens (including phenoxy) is 1. The Morgan fingerprint density at radius 3 is 2.58 bits per heavy atom. The number of carbonyl (C=O) groups is 2. The van der Waals surface area contributed by atoms with Crippen molar-refractivity contribution in [2.24, 2.45) is 5.92 Å². The van der Waals surface area contributed by atoms with E-state index in [4.69, 9.17) is 9.15 Å².